The molecular formula is C23H21ClFN5O3. The summed E-state index contributed by atoms with van der Waals surface area (Å²) in [5.74, 6) is -1.11. The maximum absolute atomic E-state index is 13.0. The standard InChI is InChI=1S/C23H21ClFN5O3/c24-21-19(14-27-30(23(21)33)18-4-2-1-3-5-18)28-10-12-29(13-11-28)20(31)15-26-22(32)16-6-8-17(25)9-7-16/h1-9,14H,10-13,15H2,(H,26,32). The van der Waals surface area contributed by atoms with Gasteiger partial charge in [0.05, 0.1) is 24.1 Å². The first-order valence-electron chi connectivity index (χ1n) is 10.3. The van der Waals surface area contributed by atoms with Crippen LogP contribution in [0, 0.1) is 5.82 Å². The molecule has 33 heavy (non-hydrogen) atoms. The van der Waals surface area contributed by atoms with E-state index in [2.05, 4.69) is 10.4 Å². The van der Waals surface area contributed by atoms with Crippen LogP contribution in [0.25, 0.3) is 5.69 Å². The van der Waals surface area contributed by atoms with E-state index in [9.17, 15) is 18.8 Å². The molecule has 10 heteroatoms. The number of amides is 2. The van der Waals surface area contributed by atoms with Crippen molar-refractivity contribution in [3.63, 3.8) is 0 Å². The Labute approximate surface area is 194 Å². The van der Waals surface area contributed by atoms with Gasteiger partial charge in [-0.25, -0.2) is 4.39 Å². The van der Waals surface area contributed by atoms with Crippen molar-refractivity contribution in [1.29, 1.82) is 0 Å². The molecule has 2 heterocycles. The summed E-state index contributed by atoms with van der Waals surface area (Å²) in [4.78, 5) is 40.9. The molecule has 4 rings (SSSR count). The predicted octanol–water partition coefficient (Wildman–Crippen LogP) is 2.10. The first-order chi connectivity index (χ1) is 15.9. The van der Waals surface area contributed by atoms with E-state index in [4.69, 9.17) is 11.6 Å². The smallest absolute Gasteiger partial charge is 0.292 e. The molecule has 0 aliphatic carbocycles. The maximum atomic E-state index is 13.0. The van der Waals surface area contributed by atoms with Crippen LogP contribution in [-0.2, 0) is 4.79 Å². The van der Waals surface area contributed by atoms with Gasteiger partial charge in [0.2, 0.25) is 5.91 Å². The zero-order valence-electron chi connectivity index (χ0n) is 17.6. The van der Waals surface area contributed by atoms with Gasteiger partial charge in [-0.2, -0.15) is 9.78 Å². The first-order valence-corrected chi connectivity index (χ1v) is 10.7. The highest BCUT2D eigenvalue weighted by Crippen LogP contribution is 2.23. The Balaban J connectivity index is 1.34. The van der Waals surface area contributed by atoms with Crippen LogP contribution in [0.2, 0.25) is 5.02 Å². The molecule has 0 radical (unpaired) electrons. The summed E-state index contributed by atoms with van der Waals surface area (Å²) >= 11 is 6.37. The minimum Gasteiger partial charge on any atom is -0.365 e. The number of hydrogen-bond acceptors (Lipinski definition) is 5. The predicted molar refractivity (Wildman–Crippen MR) is 122 cm³/mol. The van der Waals surface area contributed by atoms with Gasteiger partial charge in [-0.15, -0.1) is 0 Å². The Morgan fingerprint density at radius 2 is 1.67 bits per heavy atom. The van der Waals surface area contributed by atoms with Crippen LogP contribution in [0.15, 0.2) is 65.6 Å². The summed E-state index contributed by atoms with van der Waals surface area (Å²) in [6, 6.07) is 14.1. The Morgan fingerprint density at radius 3 is 2.33 bits per heavy atom. The summed E-state index contributed by atoms with van der Waals surface area (Å²) < 4.78 is 14.2. The van der Waals surface area contributed by atoms with Crippen LogP contribution in [0.5, 0.6) is 0 Å². The number of carbonyl (C=O) groups is 2. The zero-order chi connectivity index (χ0) is 23.4. The number of nitrogens with zero attached hydrogens (tertiary/aromatic N) is 4. The van der Waals surface area contributed by atoms with Crippen LogP contribution in [0.4, 0.5) is 10.1 Å². The lowest BCUT2D eigenvalue weighted by molar-refractivity contribution is -0.130. The van der Waals surface area contributed by atoms with Gasteiger partial charge >= 0.3 is 0 Å². The number of piperazine rings is 1. The van der Waals surface area contributed by atoms with E-state index in [1.54, 1.807) is 23.2 Å². The van der Waals surface area contributed by atoms with E-state index >= 15 is 0 Å². The third kappa shape index (κ3) is 5.04. The number of para-hydroxylation sites is 1. The van der Waals surface area contributed by atoms with E-state index in [1.165, 1.54) is 28.9 Å². The summed E-state index contributed by atoms with van der Waals surface area (Å²) in [5.41, 5.74) is 1.00. The molecule has 1 saturated heterocycles. The second-order valence-corrected chi connectivity index (χ2v) is 7.83. The number of halogens is 2. The number of carbonyl (C=O) groups excluding carboxylic acids is 2. The summed E-state index contributed by atoms with van der Waals surface area (Å²) in [6.45, 7) is 1.58. The molecule has 1 fully saturated rings. The molecule has 1 aliphatic heterocycles. The lowest BCUT2D eigenvalue weighted by Crippen LogP contribution is -2.51. The van der Waals surface area contributed by atoms with Gasteiger partial charge in [0.1, 0.15) is 10.8 Å². The molecule has 2 amide bonds. The molecule has 2 aromatic carbocycles. The molecule has 3 aromatic rings. The first kappa shape index (κ1) is 22.5. The fraction of sp³-hybridized carbons (Fsp3) is 0.217. The number of anilines is 1. The van der Waals surface area contributed by atoms with Gasteiger partial charge in [0.15, 0.2) is 0 Å². The fourth-order valence-electron chi connectivity index (χ4n) is 3.57. The molecule has 1 aliphatic rings. The molecular weight excluding hydrogens is 449 g/mol. The van der Waals surface area contributed by atoms with Gasteiger partial charge in [-0.05, 0) is 36.4 Å². The van der Waals surface area contributed by atoms with Crippen molar-refractivity contribution in [3.8, 4) is 5.69 Å². The normalized spacial score (nSPS) is 13.6. The van der Waals surface area contributed by atoms with Gasteiger partial charge in [-0.3, -0.25) is 14.4 Å². The van der Waals surface area contributed by atoms with Crippen molar-refractivity contribution in [2.45, 2.75) is 0 Å². The van der Waals surface area contributed by atoms with E-state index in [0.29, 0.717) is 37.6 Å². The van der Waals surface area contributed by atoms with E-state index < -0.39 is 17.3 Å². The van der Waals surface area contributed by atoms with Gasteiger partial charge in [-0.1, -0.05) is 29.8 Å². The van der Waals surface area contributed by atoms with Crippen molar-refractivity contribution in [1.82, 2.24) is 20.0 Å². The number of hydrogen-bond donors (Lipinski definition) is 1. The van der Waals surface area contributed by atoms with E-state index in [1.807, 2.05) is 23.1 Å². The summed E-state index contributed by atoms with van der Waals surface area (Å²) in [6.07, 6.45) is 1.55. The largest absolute Gasteiger partial charge is 0.365 e. The number of nitrogens with one attached hydrogen (secondary N) is 1. The molecule has 0 atom stereocenters. The second kappa shape index (κ2) is 9.83. The highest BCUT2D eigenvalue weighted by atomic mass is 35.5. The molecule has 8 nitrogen and oxygen atoms in total. The summed E-state index contributed by atoms with van der Waals surface area (Å²) in [5, 5.41) is 6.87. The van der Waals surface area contributed by atoms with Crippen molar-refractivity contribution < 1.29 is 14.0 Å². The lowest BCUT2D eigenvalue weighted by Gasteiger charge is -2.36. The Bertz CT molecular complexity index is 1210. The molecule has 0 bridgehead atoms. The number of rotatable bonds is 5. The highest BCUT2D eigenvalue weighted by Gasteiger charge is 2.24. The second-order valence-electron chi connectivity index (χ2n) is 7.45. The lowest BCUT2D eigenvalue weighted by atomic mass is 10.2. The zero-order valence-corrected chi connectivity index (χ0v) is 18.3. The third-order valence-electron chi connectivity index (χ3n) is 5.38. The Kier molecular flexibility index (Phi) is 6.69. The Hall–Kier alpha value is -3.72. The van der Waals surface area contributed by atoms with Crippen molar-refractivity contribution in [2.75, 3.05) is 37.6 Å². The van der Waals surface area contributed by atoms with Crippen molar-refractivity contribution in [3.05, 3.63) is 87.6 Å². The quantitative estimate of drug-likeness (QED) is 0.618. The molecule has 0 unspecified atom stereocenters. The highest BCUT2D eigenvalue weighted by molar-refractivity contribution is 6.33. The summed E-state index contributed by atoms with van der Waals surface area (Å²) in [7, 11) is 0. The molecule has 0 saturated carbocycles. The molecule has 0 spiro atoms. The Morgan fingerprint density at radius 1 is 1.00 bits per heavy atom. The van der Waals surface area contributed by atoms with Crippen LogP contribution in [0.3, 0.4) is 0 Å². The number of benzene rings is 2. The average Bonchev–Trinajstić information content (AvgIpc) is 2.85. The maximum Gasteiger partial charge on any atom is 0.292 e. The van der Waals surface area contributed by atoms with Crippen LogP contribution in [0.1, 0.15) is 10.4 Å². The third-order valence-corrected chi connectivity index (χ3v) is 5.74. The molecule has 170 valence electrons. The fourth-order valence-corrected chi connectivity index (χ4v) is 3.81. The van der Waals surface area contributed by atoms with Crippen molar-refractivity contribution >= 4 is 29.1 Å². The molecule has 1 N–H and O–H groups in total. The molecule has 1 aromatic heterocycles. The average molecular weight is 470 g/mol. The topological polar surface area (TPSA) is 87.5 Å². The van der Waals surface area contributed by atoms with Crippen molar-refractivity contribution in [2.24, 2.45) is 0 Å². The van der Waals surface area contributed by atoms with Crippen LogP contribution < -0.4 is 15.8 Å². The van der Waals surface area contributed by atoms with Crippen LogP contribution in [-0.4, -0.2) is 59.2 Å². The monoisotopic (exact) mass is 469 g/mol. The van der Waals surface area contributed by atoms with Gasteiger partial charge in [0, 0.05) is 31.7 Å². The minimum atomic E-state index is -0.446. The van der Waals surface area contributed by atoms with E-state index in [-0.39, 0.29) is 23.0 Å². The van der Waals surface area contributed by atoms with E-state index in [0.717, 1.165) is 0 Å². The SMILES string of the molecule is O=C(NCC(=O)N1CCN(c2cnn(-c3ccccc3)c(=O)c2Cl)CC1)c1ccc(F)cc1. The minimum absolute atomic E-state index is 0.0696. The van der Waals surface area contributed by atoms with Crippen LogP contribution >= 0.6 is 11.6 Å². The number of aromatic nitrogens is 2. The van der Waals surface area contributed by atoms with Gasteiger partial charge in [0.25, 0.3) is 11.5 Å². The van der Waals surface area contributed by atoms with Gasteiger partial charge < -0.3 is 15.1 Å².